The first-order valence-corrected chi connectivity index (χ1v) is 5.90. The largest absolute Gasteiger partial charge is 0.270 e. The van der Waals surface area contributed by atoms with E-state index in [9.17, 15) is 9.59 Å². The van der Waals surface area contributed by atoms with E-state index in [0.29, 0.717) is 10.8 Å². The van der Waals surface area contributed by atoms with Gasteiger partial charge in [0.15, 0.2) is 0 Å². The zero-order valence-electron chi connectivity index (χ0n) is 11.3. The summed E-state index contributed by atoms with van der Waals surface area (Å²) < 4.78 is 0. The molecule has 99 valence electrons. The van der Waals surface area contributed by atoms with Crippen LogP contribution >= 0.6 is 0 Å². The van der Waals surface area contributed by atoms with E-state index in [1.54, 1.807) is 24.3 Å². The molecule has 0 fully saturated rings. The summed E-state index contributed by atoms with van der Waals surface area (Å²) in [5, 5.41) is 5.33. The molecule has 18 heavy (non-hydrogen) atoms. The second kappa shape index (κ2) is 10.9. The summed E-state index contributed by atoms with van der Waals surface area (Å²) in [6.07, 6.45) is 1.25. The minimum Gasteiger partial charge on any atom is -0.267 e. The van der Waals surface area contributed by atoms with Crippen LogP contribution in [0.15, 0.2) is 33.9 Å². The Kier molecular flexibility index (Phi) is 11.5. The van der Waals surface area contributed by atoms with Gasteiger partial charge in [0.1, 0.15) is 0 Å². The SMILES string of the molecule is CC.CCC.O=c1[nH][nH]c(=O)c2ccccc12.[V]. The first-order chi connectivity index (χ1) is 8.20. The third-order valence-corrected chi connectivity index (χ3v) is 1.71. The van der Waals surface area contributed by atoms with Gasteiger partial charge in [-0.2, -0.15) is 0 Å². The van der Waals surface area contributed by atoms with Crippen LogP contribution in [0, 0.1) is 0 Å². The van der Waals surface area contributed by atoms with E-state index in [4.69, 9.17) is 0 Å². The fourth-order valence-corrected chi connectivity index (χ4v) is 1.13. The Morgan fingerprint density at radius 2 is 1.17 bits per heavy atom. The Bertz CT molecular complexity index is 498. The summed E-state index contributed by atoms with van der Waals surface area (Å²) in [6.45, 7) is 8.25. The molecule has 2 N–H and O–H groups in total. The van der Waals surface area contributed by atoms with Gasteiger partial charge < -0.3 is 0 Å². The molecular formula is C13H20N2O2V. The molecule has 1 aromatic heterocycles. The number of hydrogen-bond donors (Lipinski definition) is 2. The predicted octanol–water partition coefficient (Wildman–Crippen LogP) is 2.66. The first-order valence-electron chi connectivity index (χ1n) is 5.90. The zero-order chi connectivity index (χ0) is 13.3. The smallest absolute Gasteiger partial charge is 0.267 e. The van der Waals surface area contributed by atoms with Crippen molar-refractivity contribution in [2.45, 2.75) is 34.1 Å². The molecule has 4 nitrogen and oxygen atoms in total. The maximum Gasteiger partial charge on any atom is 0.270 e. The molecule has 0 aliphatic carbocycles. The van der Waals surface area contributed by atoms with Gasteiger partial charge in [0.05, 0.1) is 10.8 Å². The van der Waals surface area contributed by atoms with Crippen LogP contribution in [0.2, 0.25) is 0 Å². The van der Waals surface area contributed by atoms with Crippen LogP contribution in [0.5, 0.6) is 0 Å². The number of rotatable bonds is 0. The number of benzene rings is 1. The molecule has 0 bridgehead atoms. The van der Waals surface area contributed by atoms with E-state index in [0.717, 1.165) is 0 Å². The predicted molar refractivity (Wildman–Crippen MR) is 72.5 cm³/mol. The summed E-state index contributed by atoms with van der Waals surface area (Å²) in [7, 11) is 0. The fraction of sp³-hybridized carbons (Fsp3) is 0.385. The molecule has 1 radical (unpaired) electrons. The molecule has 0 aliphatic heterocycles. The van der Waals surface area contributed by atoms with Crippen LogP contribution in [0.3, 0.4) is 0 Å². The summed E-state index contributed by atoms with van der Waals surface area (Å²) in [6, 6.07) is 6.67. The molecule has 5 heteroatoms. The standard InChI is InChI=1S/C8H6N2O2.C3H8.C2H6.V/c11-7-5-3-1-2-4-6(5)8(12)10-9-7;1-3-2;1-2;/h1-4H,(H,9,11)(H,10,12);3H2,1-2H3;1-2H3;. The summed E-state index contributed by atoms with van der Waals surface area (Å²) in [4.78, 5) is 22.2. The van der Waals surface area contributed by atoms with Crippen LogP contribution in [0.4, 0.5) is 0 Å². The van der Waals surface area contributed by atoms with Crippen LogP contribution in [-0.2, 0) is 18.6 Å². The number of hydrogen-bond acceptors (Lipinski definition) is 2. The van der Waals surface area contributed by atoms with Crippen LogP contribution < -0.4 is 11.1 Å². The third-order valence-electron chi connectivity index (χ3n) is 1.71. The molecule has 0 atom stereocenters. The van der Waals surface area contributed by atoms with Crippen molar-refractivity contribution >= 4 is 10.8 Å². The van der Waals surface area contributed by atoms with Crippen molar-refractivity contribution in [2.24, 2.45) is 0 Å². The van der Waals surface area contributed by atoms with Gasteiger partial charge in [0, 0.05) is 18.6 Å². The van der Waals surface area contributed by atoms with Gasteiger partial charge in [-0.3, -0.25) is 19.8 Å². The van der Waals surface area contributed by atoms with Crippen molar-refractivity contribution in [3.63, 3.8) is 0 Å². The normalized spacial score (nSPS) is 8.22. The molecular weight excluding hydrogens is 267 g/mol. The quantitative estimate of drug-likeness (QED) is 0.782. The second-order valence-corrected chi connectivity index (χ2v) is 3.16. The second-order valence-electron chi connectivity index (χ2n) is 3.16. The van der Waals surface area contributed by atoms with E-state index in [1.165, 1.54) is 6.42 Å². The Labute approximate surface area is 119 Å². The number of aromatic amines is 2. The first kappa shape index (κ1) is 19.1. The van der Waals surface area contributed by atoms with Gasteiger partial charge in [-0.1, -0.05) is 46.2 Å². The molecule has 0 aliphatic rings. The van der Waals surface area contributed by atoms with E-state index < -0.39 is 0 Å². The molecule has 2 rings (SSSR count). The monoisotopic (exact) mass is 287 g/mol. The maximum absolute atomic E-state index is 11.1. The van der Waals surface area contributed by atoms with Crippen molar-refractivity contribution in [3.05, 3.63) is 45.0 Å². The fourth-order valence-electron chi connectivity index (χ4n) is 1.13. The minimum absolute atomic E-state index is 0. The molecule has 0 amide bonds. The van der Waals surface area contributed by atoms with E-state index in [-0.39, 0.29) is 29.7 Å². The van der Waals surface area contributed by atoms with Crippen molar-refractivity contribution in [1.29, 1.82) is 0 Å². The van der Waals surface area contributed by atoms with Gasteiger partial charge in [0.2, 0.25) is 0 Å². The van der Waals surface area contributed by atoms with Gasteiger partial charge in [-0.15, -0.1) is 0 Å². The van der Waals surface area contributed by atoms with E-state index >= 15 is 0 Å². The molecule has 0 saturated carbocycles. The van der Waals surface area contributed by atoms with E-state index in [2.05, 4.69) is 24.0 Å². The number of aromatic nitrogens is 2. The molecule has 0 unspecified atom stereocenters. The van der Waals surface area contributed by atoms with E-state index in [1.807, 2.05) is 13.8 Å². The number of H-pyrrole nitrogens is 2. The Morgan fingerprint density at radius 3 is 1.44 bits per heavy atom. The topological polar surface area (TPSA) is 65.7 Å². The minimum atomic E-state index is -0.273. The maximum atomic E-state index is 11.1. The molecule has 0 saturated heterocycles. The van der Waals surface area contributed by atoms with Crippen LogP contribution in [0.1, 0.15) is 34.1 Å². The third kappa shape index (κ3) is 5.38. The summed E-state index contributed by atoms with van der Waals surface area (Å²) in [5.41, 5.74) is -0.546. The van der Waals surface area contributed by atoms with Gasteiger partial charge in [-0.25, -0.2) is 0 Å². The van der Waals surface area contributed by atoms with Crippen LogP contribution in [0.25, 0.3) is 10.8 Å². The summed E-state index contributed by atoms with van der Waals surface area (Å²) >= 11 is 0. The molecule has 1 heterocycles. The molecule has 1 aromatic carbocycles. The number of fused-ring (bicyclic) bond motifs is 1. The van der Waals surface area contributed by atoms with Crippen molar-refractivity contribution in [2.75, 3.05) is 0 Å². The Morgan fingerprint density at radius 1 is 0.889 bits per heavy atom. The zero-order valence-corrected chi connectivity index (χ0v) is 12.7. The van der Waals surface area contributed by atoms with Crippen LogP contribution in [-0.4, -0.2) is 10.2 Å². The van der Waals surface area contributed by atoms with Crippen molar-refractivity contribution < 1.29 is 18.6 Å². The van der Waals surface area contributed by atoms with Crippen molar-refractivity contribution in [3.8, 4) is 0 Å². The Balaban J connectivity index is 0. The Hall–Kier alpha value is -1.26. The average Bonchev–Trinajstić information content (AvgIpc) is 2.38. The average molecular weight is 287 g/mol. The number of nitrogens with one attached hydrogen (secondary N) is 2. The van der Waals surface area contributed by atoms with Crippen molar-refractivity contribution in [1.82, 2.24) is 10.2 Å². The summed E-state index contributed by atoms with van der Waals surface area (Å²) in [5.74, 6) is 0. The van der Waals surface area contributed by atoms with Gasteiger partial charge in [0.25, 0.3) is 11.1 Å². The molecule has 2 aromatic rings. The van der Waals surface area contributed by atoms with Gasteiger partial charge in [-0.05, 0) is 12.1 Å². The van der Waals surface area contributed by atoms with Gasteiger partial charge >= 0.3 is 0 Å². The molecule has 0 spiro atoms.